The minimum atomic E-state index is -0.188. The fourth-order valence-electron chi connectivity index (χ4n) is 6.83. The summed E-state index contributed by atoms with van der Waals surface area (Å²) in [6.45, 7) is 0.825. The van der Waals surface area contributed by atoms with E-state index < -0.39 is 0 Å². The molecule has 1 saturated heterocycles. The smallest absolute Gasteiger partial charge is 0.159 e. The van der Waals surface area contributed by atoms with Crippen LogP contribution >= 0.6 is 0 Å². The maximum Gasteiger partial charge on any atom is 0.159 e. The molecule has 3 atom stereocenters. The van der Waals surface area contributed by atoms with Gasteiger partial charge in [0.05, 0.1) is 12.2 Å². The van der Waals surface area contributed by atoms with Crippen LogP contribution in [0.3, 0.4) is 0 Å². The number of carbonyl (C=O) groups excluding carboxylic acids is 1. The van der Waals surface area contributed by atoms with Crippen LogP contribution in [0.1, 0.15) is 53.4 Å². The van der Waals surface area contributed by atoms with E-state index in [1.807, 2.05) is 6.08 Å². The molecule has 0 N–H and O–H groups in total. The van der Waals surface area contributed by atoms with E-state index in [1.165, 1.54) is 27.8 Å². The average Bonchev–Trinajstić information content (AvgIpc) is 2.71. The molecule has 0 aromatic heterocycles. The molecule has 5 aliphatic carbocycles. The van der Waals surface area contributed by atoms with E-state index in [-0.39, 0.29) is 11.5 Å². The van der Waals surface area contributed by atoms with Crippen LogP contribution < -0.4 is 0 Å². The van der Waals surface area contributed by atoms with Gasteiger partial charge in [0.1, 0.15) is 0 Å². The number of allylic oxidation sites excluding steroid dienone is 3. The number of carbonyl (C=O) groups is 1. The molecule has 1 aliphatic heterocycles. The summed E-state index contributed by atoms with van der Waals surface area (Å²) in [5.41, 5.74) is 8.79. The molecule has 2 nitrogen and oxygen atoms in total. The number of ether oxygens (including phenoxy) is 1. The molecule has 8 rings (SSSR count). The summed E-state index contributed by atoms with van der Waals surface area (Å²) in [5, 5.41) is 0. The lowest BCUT2D eigenvalue weighted by Gasteiger charge is -2.55. The van der Waals surface area contributed by atoms with Gasteiger partial charge in [0.2, 0.25) is 0 Å². The van der Waals surface area contributed by atoms with E-state index in [1.54, 1.807) is 5.57 Å². The van der Waals surface area contributed by atoms with E-state index in [9.17, 15) is 4.79 Å². The Morgan fingerprint density at radius 1 is 0.821 bits per heavy atom. The molecule has 2 bridgehead atoms. The number of benzene rings is 2. The molecule has 1 heterocycles. The third-order valence-corrected chi connectivity index (χ3v) is 8.10. The normalized spacial score (nSPS) is 36.5. The van der Waals surface area contributed by atoms with Crippen molar-refractivity contribution in [1.29, 1.82) is 0 Å². The summed E-state index contributed by atoms with van der Waals surface area (Å²) in [6, 6.07) is 17.9. The summed E-state index contributed by atoms with van der Waals surface area (Å²) in [4.78, 5) is 12.9. The highest BCUT2D eigenvalue weighted by Gasteiger charge is 2.56. The fourth-order valence-corrected chi connectivity index (χ4v) is 6.83. The summed E-state index contributed by atoms with van der Waals surface area (Å²) in [7, 11) is 0. The SMILES string of the molecule is O=C1C=C[C@]2(CCO2)[C@H]2CC3=C(C[C@@H]12)C1c2ccccc2C3c2ccccc21. The molecule has 0 saturated carbocycles. The van der Waals surface area contributed by atoms with Gasteiger partial charge < -0.3 is 4.74 Å². The maximum absolute atomic E-state index is 12.9. The first-order valence-corrected chi connectivity index (χ1v) is 10.5. The second-order valence-corrected chi connectivity index (χ2v) is 9.08. The van der Waals surface area contributed by atoms with Gasteiger partial charge in [-0.2, -0.15) is 0 Å². The largest absolute Gasteiger partial charge is 0.370 e. The zero-order chi connectivity index (χ0) is 18.5. The van der Waals surface area contributed by atoms with Crippen LogP contribution in [0.4, 0.5) is 0 Å². The van der Waals surface area contributed by atoms with E-state index in [0.717, 1.165) is 25.9 Å². The Morgan fingerprint density at radius 2 is 1.36 bits per heavy atom. The lowest BCUT2D eigenvalue weighted by molar-refractivity contribution is -0.169. The third-order valence-electron chi connectivity index (χ3n) is 8.10. The zero-order valence-electron chi connectivity index (χ0n) is 15.7. The van der Waals surface area contributed by atoms with Crippen molar-refractivity contribution in [3.05, 3.63) is 94.1 Å². The van der Waals surface area contributed by atoms with Crippen LogP contribution in [0.2, 0.25) is 0 Å². The zero-order valence-corrected chi connectivity index (χ0v) is 15.7. The van der Waals surface area contributed by atoms with Crippen molar-refractivity contribution in [1.82, 2.24) is 0 Å². The molecule has 2 aromatic rings. The van der Waals surface area contributed by atoms with Crippen LogP contribution in [0.25, 0.3) is 0 Å². The van der Waals surface area contributed by atoms with Gasteiger partial charge in [-0.25, -0.2) is 0 Å². The Kier molecular flexibility index (Phi) is 2.83. The van der Waals surface area contributed by atoms with Gasteiger partial charge in [0.25, 0.3) is 0 Å². The average molecular weight is 366 g/mol. The fraction of sp³-hybridized carbons (Fsp3) is 0.346. The first-order valence-electron chi connectivity index (χ1n) is 10.5. The molecular formula is C26H22O2. The van der Waals surface area contributed by atoms with Gasteiger partial charge in [-0.3, -0.25) is 4.79 Å². The molecule has 1 fully saturated rings. The molecule has 28 heavy (non-hydrogen) atoms. The molecule has 2 aromatic carbocycles. The minimum Gasteiger partial charge on any atom is -0.370 e. The van der Waals surface area contributed by atoms with E-state index >= 15 is 0 Å². The van der Waals surface area contributed by atoms with Gasteiger partial charge in [0.15, 0.2) is 5.78 Å². The molecular weight excluding hydrogens is 344 g/mol. The summed E-state index contributed by atoms with van der Waals surface area (Å²) in [5.74, 6) is 1.37. The van der Waals surface area contributed by atoms with Crippen molar-refractivity contribution in [2.24, 2.45) is 11.8 Å². The Bertz CT molecular complexity index is 1050. The number of hydrogen-bond acceptors (Lipinski definition) is 2. The van der Waals surface area contributed by atoms with Crippen LogP contribution in [-0.2, 0) is 9.53 Å². The maximum atomic E-state index is 12.9. The van der Waals surface area contributed by atoms with Crippen molar-refractivity contribution in [3.8, 4) is 0 Å². The van der Waals surface area contributed by atoms with Crippen LogP contribution in [-0.4, -0.2) is 18.0 Å². The highest BCUT2D eigenvalue weighted by Crippen LogP contribution is 2.62. The van der Waals surface area contributed by atoms with Gasteiger partial charge in [-0.15, -0.1) is 0 Å². The lowest BCUT2D eigenvalue weighted by atomic mass is 9.52. The number of rotatable bonds is 0. The monoisotopic (exact) mass is 366 g/mol. The summed E-state index contributed by atoms with van der Waals surface area (Å²) < 4.78 is 6.11. The second kappa shape index (κ2) is 5.12. The topological polar surface area (TPSA) is 26.3 Å². The molecule has 6 aliphatic rings. The van der Waals surface area contributed by atoms with E-state index in [2.05, 4.69) is 54.6 Å². The number of fused-ring (bicyclic) bond motifs is 2. The van der Waals surface area contributed by atoms with Crippen molar-refractivity contribution in [2.45, 2.75) is 36.7 Å². The Balaban J connectivity index is 1.44. The molecule has 0 unspecified atom stereocenters. The van der Waals surface area contributed by atoms with Gasteiger partial charge in [0, 0.05) is 30.1 Å². The second-order valence-electron chi connectivity index (χ2n) is 9.08. The molecule has 1 spiro atoms. The quantitative estimate of drug-likeness (QED) is 0.620. The minimum absolute atomic E-state index is 0.0859. The van der Waals surface area contributed by atoms with Crippen LogP contribution in [0.5, 0.6) is 0 Å². The molecule has 138 valence electrons. The highest BCUT2D eigenvalue weighted by molar-refractivity contribution is 5.94. The molecule has 2 heteroatoms. The van der Waals surface area contributed by atoms with E-state index in [4.69, 9.17) is 4.74 Å². The third kappa shape index (κ3) is 1.72. The molecule has 0 amide bonds. The van der Waals surface area contributed by atoms with Gasteiger partial charge in [-0.05, 0) is 47.2 Å². The Labute approximate surface area is 164 Å². The van der Waals surface area contributed by atoms with Gasteiger partial charge >= 0.3 is 0 Å². The standard InChI is InChI=1S/C26H22O2/c27-23-9-10-26(11-12-28-26)22-14-20-19(13-21(22)23)24-15-5-1-3-7-17(15)25(20)18-8-4-2-6-16(18)24/h1-10,21-22,24-25H,11-14H2/t21-,22+,24?,25?,26+/m1/s1. The Morgan fingerprint density at radius 3 is 1.86 bits per heavy atom. The molecule has 0 radical (unpaired) electrons. The number of hydrogen-bond donors (Lipinski definition) is 0. The van der Waals surface area contributed by atoms with Crippen molar-refractivity contribution in [3.63, 3.8) is 0 Å². The first-order chi connectivity index (χ1) is 13.8. The number of ketones is 1. The van der Waals surface area contributed by atoms with E-state index in [0.29, 0.717) is 23.5 Å². The van der Waals surface area contributed by atoms with Crippen molar-refractivity contribution in [2.75, 3.05) is 6.61 Å². The summed E-state index contributed by atoms with van der Waals surface area (Å²) >= 11 is 0. The Hall–Kier alpha value is -2.45. The van der Waals surface area contributed by atoms with Crippen molar-refractivity contribution < 1.29 is 9.53 Å². The van der Waals surface area contributed by atoms with Crippen LogP contribution in [0, 0.1) is 11.8 Å². The van der Waals surface area contributed by atoms with Gasteiger partial charge in [-0.1, -0.05) is 59.7 Å². The first kappa shape index (κ1) is 15.5. The summed E-state index contributed by atoms with van der Waals surface area (Å²) in [6.07, 6.45) is 6.85. The predicted octanol–water partition coefficient (Wildman–Crippen LogP) is 4.90. The highest BCUT2D eigenvalue weighted by atomic mass is 16.5. The lowest BCUT2D eigenvalue weighted by Crippen LogP contribution is -2.56. The predicted molar refractivity (Wildman–Crippen MR) is 107 cm³/mol. The van der Waals surface area contributed by atoms with Crippen molar-refractivity contribution >= 4 is 5.78 Å². The van der Waals surface area contributed by atoms with Crippen LogP contribution in [0.15, 0.2) is 71.8 Å².